The van der Waals surface area contributed by atoms with E-state index in [1.54, 1.807) is 0 Å². The molecule has 0 radical (unpaired) electrons. The molecular weight excluding hydrogens is 404 g/mol. The fourth-order valence-corrected chi connectivity index (χ4v) is 10.4. The molecule has 2 aliphatic heterocycles. The zero-order valence-electron chi connectivity index (χ0n) is 20.4. The van der Waals surface area contributed by atoms with Gasteiger partial charge in [0.15, 0.2) is 5.79 Å². The molecule has 0 bridgehead atoms. The molecule has 14 atom stereocenters. The lowest BCUT2D eigenvalue weighted by molar-refractivity contribution is -0.274. The molecule has 32 heavy (non-hydrogen) atoms. The number of fused-ring (bicyclic) bond motifs is 7. The molecule has 0 aromatic carbocycles. The van der Waals surface area contributed by atoms with E-state index in [1.165, 1.54) is 6.42 Å². The van der Waals surface area contributed by atoms with Crippen molar-refractivity contribution in [1.82, 2.24) is 0 Å². The van der Waals surface area contributed by atoms with E-state index in [4.69, 9.17) is 9.47 Å². The van der Waals surface area contributed by atoms with E-state index in [0.29, 0.717) is 48.3 Å². The molecular formula is C27H44O5. The van der Waals surface area contributed by atoms with Gasteiger partial charge in [-0.25, -0.2) is 0 Å². The highest BCUT2D eigenvalue weighted by atomic mass is 16.7. The van der Waals surface area contributed by atoms with Gasteiger partial charge < -0.3 is 24.8 Å². The molecule has 4 saturated carbocycles. The topological polar surface area (TPSA) is 79.2 Å². The molecule has 6 rings (SSSR count). The summed E-state index contributed by atoms with van der Waals surface area (Å²) in [4.78, 5) is 0. The summed E-state index contributed by atoms with van der Waals surface area (Å²) in [6.45, 7) is 10.2. The second-order valence-electron chi connectivity index (χ2n) is 13.4. The summed E-state index contributed by atoms with van der Waals surface area (Å²) in [5, 5.41) is 32.6. The quantitative estimate of drug-likeness (QED) is 0.526. The average Bonchev–Trinajstić information content (AvgIpc) is 3.16. The van der Waals surface area contributed by atoms with Crippen molar-refractivity contribution in [2.45, 2.75) is 109 Å². The molecule has 6 fully saturated rings. The average molecular weight is 449 g/mol. The Balaban J connectivity index is 1.29. The first-order chi connectivity index (χ1) is 15.1. The van der Waals surface area contributed by atoms with Crippen molar-refractivity contribution in [1.29, 1.82) is 0 Å². The van der Waals surface area contributed by atoms with E-state index < -0.39 is 18.0 Å². The van der Waals surface area contributed by atoms with Gasteiger partial charge in [-0.15, -0.1) is 0 Å². The van der Waals surface area contributed by atoms with Gasteiger partial charge in [-0.3, -0.25) is 0 Å². The molecule has 5 heteroatoms. The molecule has 2 heterocycles. The maximum Gasteiger partial charge on any atom is 0.171 e. The Morgan fingerprint density at radius 3 is 2.28 bits per heavy atom. The molecule has 5 nitrogen and oxygen atoms in total. The summed E-state index contributed by atoms with van der Waals surface area (Å²) in [5.41, 5.74) is -0.00703. The molecule has 0 amide bonds. The summed E-state index contributed by atoms with van der Waals surface area (Å²) in [6.07, 6.45) is 6.27. The van der Waals surface area contributed by atoms with Gasteiger partial charge in [0.2, 0.25) is 0 Å². The van der Waals surface area contributed by atoms with Crippen molar-refractivity contribution >= 4 is 0 Å². The van der Waals surface area contributed by atoms with Crippen molar-refractivity contribution in [3.8, 4) is 0 Å². The van der Waals surface area contributed by atoms with Crippen LogP contribution in [0.4, 0.5) is 0 Å². The Morgan fingerprint density at radius 1 is 0.812 bits per heavy atom. The van der Waals surface area contributed by atoms with E-state index >= 15 is 0 Å². The van der Waals surface area contributed by atoms with Crippen LogP contribution in [0, 0.1) is 52.3 Å². The zero-order chi connectivity index (χ0) is 22.6. The number of ether oxygens (including phenoxy) is 2. The van der Waals surface area contributed by atoms with Crippen molar-refractivity contribution in [2.24, 2.45) is 52.3 Å². The monoisotopic (exact) mass is 448 g/mol. The third kappa shape index (κ3) is 2.81. The Hall–Kier alpha value is -0.200. The Kier molecular flexibility index (Phi) is 4.99. The third-order valence-corrected chi connectivity index (χ3v) is 11.9. The molecule has 3 N–H and O–H groups in total. The number of rotatable bonds is 0. The number of aliphatic hydroxyl groups is 3. The van der Waals surface area contributed by atoms with Crippen LogP contribution in [0.1, 0.15) is 79.1 Å². The summed E-state index contributed by atoms with van der Waals surface area (Å²) in [6, 6.07) is 0. The van der Waals surface area contributed by atoms with Crippen molar-refractivity contribution in [3.63, 3.8) is 0 Å². The first kappa shape index (κ1) is 22.3. The van der Waals surface area contributed by atoms with E-state index in [1.807, 2.05) is 0 Å². The highest BCUT2D eigenvalue weighted by Gasteiger charge is 2.70. The van der Waals surface area contributed by atoms with Gasteiger partial charge in [-0.05, 0) is 91.3 Å². The fraction of sp³-hybridized carbons (Fsp3) is 1.00. The fourth-order valence-electron chi connectivity index (χ4n) is 10.4. The van der Waals surface area contributed by atoms with Crippen LogP contribution in [0.15, 0.2) is 0 Å². The van der Waals surface area contributed by atoms with Gasteiger partial charge in [0.25, 0.3) is 0 Å². The number of aliphatic hydroxyl groups excluding tert-OH is 3. The molecule has 0 aromatic heterocycles. The van der Waals surface area contributed by atoms with Crippen molar-refractivity contribution in [3.05, 3.63) is 0 Å². The number of hydrogen-bond acceptors (Lipinski definition) is 5. The van der Waals surface area contributed by atoms with Crippen molar-refractivity contribution in [2.75, 3.05) is 6.61 Å². The second kappa shape index (κ2) is 7.16. The normalized spacial score (nSPS) is 64.0. The van der Waals surface area contributed by atoms with Gasteiger partial charge in [0.1, 0.15) is 0 Å². The first-order valence-corrected chi connectivity index (χ1v) is 13.4. The summed E-state index contributed by atoms with van der Waals surface area (Å²) in [7, 11) is 0. The van der Waals surface area contributed by atoms with Gasteiger partial charge in [0, 0.05) is 12.3 Å². The van der Waals surface area contributed by atoms with Crippen LogP contribution in [0.5, 0.6) is 0 Å². The summed E-state index contributed by atoms with van der Waals surface area (Å²) in [5.74, 6) is 2.67. The van der Waals surface area contributed by atoms with Crippen LogP contribution in [0.2, 0.25) is 0 Å². The largest absolute Gasteiger partial charge is 0.393 e. The predicted octanol–water partition coefficient (Wildman–Crippen LogP) is 3.74. The van der Waals surface area contributed by atoms with Crippen molar-refractivity contribution < 1.29 is 24.8 Å². The Labute approximate surface area is 193 Å². The SMILES string of the molecule is C[C@@H]1CC[C@@]2(OC1)O[C@H]1C[C@@H]3[C@@H]4CC[C@@H]5C[C@H](O)[C@@H](O)C[C@]5(C)[C@H]4[C@H](O)C[C@]3(C)[C@H]1[C@@H]2C. The minimum absolute atomic E-state index is 0.0799. The van der Waals surface area contributed by atoms with Gasteiger partial charge >= 0.3 is 0 Å². The van der Waals surface area contributed by atoms with Crippen LogP contribution in [-0.4, -0.2) is 52.1 Å². The number of hydrogen-bond donors (Lipinski definition) is 3. The van der Waals surface area contributed by atoms with Gasteiger partial charge in [-0.2, -0.15) is 0 Å². The molecule has 4 aliphatic carbocycles. The maximum absolute atomic E-state index is 11.7. The van der Waals surface area contributed by atoms with Crippen LogP contribution in [0.3, 0.4) is 0 Å². The molecule has 6 aliphatic rings. The lowest BCUT2D eigenvalue weighted by Crippen LogP contribution is -2.61. The lowest BCUT2D eigenvalue weighted by atomic mass is 9.43. The third-order valence-electron chi connectivity index (χ3n) is 11.9. The first-order valence-electron chi connectivity index (χ1n) is 13.4. The van der Waals surface area contributed by atoms with E-state index in [-0.39, 0.29) is 29.0 Å². The summed E-state index contributed by atoms with van der Waals surface area (Å²) < 4.78 is 13.3. The van der Waals surface area contributed by atoms with Crippen LogP contribution in [0.25, 0.3) is 0 Å². The molecule has 182 valence electrons. The van der Waals surface area contributed by atoms with Crippen LogP contribution in [-0.2, 0) is 9.47 Å². The molecule has 1 spiro atoms. The van der Waals surface area contributed by atoms with Crippen LogP contribution < -0.4 is 0 Å². The Morgan fingerprint density at radius 2 is 1.56 bits per heavy atom. The standard InChI is InChI=1S/C27H44O5/c1-14-7-8-27(31-13-14)15(2)23-22(32-27)10-18-17-6-5-16-9-19(28)20(29)11-25(16,3)24(17)21(30)12-26(18,23)4/h14-24,28-30H,5-13H2,1-4H3/t14-,15+,16-,17+,18-,19+,20+,21-,22+,23+,24-,25+,26+,27-/m1/s1. The highest BCUT2D eigenvalue weighted by Crippen LogP contribution is 2.71. The van der Waals surface area contributed by atoms with Crippen LogP contribution >= 0.6 is 0 Å². The van der Waals surface area contributed by atoms with E-state index in [0.717, 1.165) is 38.7 Å². The molecule has 0 unspecified atom stereocenters. The molecule has 0 aromatic rings. The smallest absolute Gasteiger partial charge is 0.171 e. The van der Waals surface area contributed by atoms with E-state index in [2.05, 4.69) is 27.7 Å². The highest BCUT2D eigenvalue weighted by molar-refractivity contribution is 5.17. The zero-order valence-corrected chi connectivity index (χ0v) is 20.4. The van der Waals surface area contributed by atoms with E-state index in [9.17, 15) is 15.3 Å². The lowest BCUT2D eigenvalue weighted by Gasteiger charge is -2.63. The maximum atomic E-state index is 11.7. The van der Waals surface area contributed by atoms with Gasteiger partial charge in [-0.1, -0.05) is 27.7 Å². The predicted molar refractivity (Wildman–Crippen MR) is 121 cm³/mol. The minimum Gasteiger partial charge on any atom is -0.393 e. The molecule has 2 saturated heterocycles. The second-order valence-corrected chi connectivity index (χ2v) is 13.4. The summed E-state index contributed by atoms with van der Waals surface area (Å²) >= 11 is 0. The minimum atomic E-state index is -0.660. The van der Waals surface area contributed by atoms with Gasteiger partial charge in [0.05, 0.1) is 31.0 Å². The Bertz CT molecular complexity index is 748.